The summed E-state index contributed by atoms with van der Waals surface area (Å²) in [6, 6.07) is 23.8. The highest BCUT2D eigenvalue weighted by atomic mass is 35.5. The van der Waals surface area contributed by atoms with Crippen molar-refractivity contribution in [2.75, 3.05) is 6.54 Å². The van der Waals surface area contributed by atoms with E-state index in [4.69, 9.17) is 16.6 Å². The van der Waals surface area contributed by atoms with Gasteiger partial charge in [0.15, 0.2) is 0 Å². The third kappa shape index (κ3) is 6.36. The molecule has 0 aliphatic rings. The molecule has 37 heavy (non-hydrogen) atoms. The van der Waals surface area contributed by atoms with Gasteiger partial charge in [0.05, 0.1) is 22.6 Å². The first-order valence-electron chi connectivity index (χ1n) is 12.8. The van der Waals surface area contributed by atoms with Crippen molar-refractivity contribution >= 4 is 34.5 Å². The summed E-state index contributed by atoms with van der Waals surface area (Å²) in [4.78, 5) is 34.0. The maximum atomic E-state index is 13.7. The van der Waals surface area contributed by atoms with E-state index in [1.807, 2.05) is 78.6 Å². The molecule has 0 bridgehead atoms. The lowest BCUT2D eigenvalue weighted by molar-refractivity contribution is -0.128. The standard InChI is InChI=1S/C31H32ClN3O2/c1-3-4-5-11-21-34(29(36)20-19-24-13-7-6-8-14-24)23(2)30-33-28-18-10-9-17-27(28)31(37)35(30)26-16-12-15-25(32)22-26/h6-10,12-20,22-23H,3-5,11,21H2,1-2H3/b20-19+. The number of hydrogen-bond donors (Lipinski definition) is 0. The van der Waals surface area contributed by atoms with Gasteiger partial charge in [-0.3, -0.25) is 14.2 Å². The minimum atomic E-state index is -0.453. The molecule has 0 fully saturated rings. The molecule has 1 amide bonds. The molecule has 4 aromatic rings. The van der Waals surface area contributed by atoms with Crippen LogP contribution in [0.4, 0.5) is 0 Å². The lowest BCUT2D eigenvalue weighted by atomic mass is 10.1. The Bertz CT molecular complexity index is 1450. The zero-order chi connectivity index (χ0) is 26.2. The number of fused-ring (bicyclic) bond motifs is 1. The third-order valence-corrected chi connectivity index (χ3v) is 6.70. The Balaban J connectivity index is 1.79. The van der Waals surface area contributed by atoms with Crippen molar-refractivity contribution in [1.29, 1.82) is 0 Å². The molecule has 1 atom stereocenters. The van der Waals surface area contributed by atoms with Gasteiger partial charge < -0.3 is 4.90 Å². The van der Waals surface area contributed by atoms with Crippen molar-refractivity contribution in [3.63, 3.8) is 0 Å². The Labute approximate surface area is 223 Å². The van der Waals surface area contributed by atoms with E-state index in [0.29, 0.717) is 34.0 Å². The molecular weight excluding hydrogens is 482 g/mol. The predicted molar refractivity (Wildman–Crippen MR) is 152 cm³/mol. The van der Waals surface area contributed by atoms with Crippen molar-refractivity contribution in [3.05, 3.63) is 112 Å². The van der Waals surface area contributed by atoms with Gasteiger partial charge in [0.25, 0.3) is 5.56 Å². The third-order valence-electron chi connectivity index (χ3n) is 6.46. The monoisotopic (exact) mass is 513 g/mol. The van der Waals surface area contributed by atoms with Crippen molar-refractivity contribution in [2.24, 2.45) is 0 Å². The highest BCUT2D eigenvalue weighted by molar-refractivity contribution is 6.30. The van der Waals surface area contributed by atoms with Crippen LogP contribution in [0.25, 0.3) is 22.7 Å². The van der Waals surface area contributed by atoms with Gasteiger partial charge in [-0.2, -0.15) is 0 Å². The summed E-state index contributed by atoms with van der Waals surface area (Å²) in [7, 11) is 0. The van der Waals surface area contributed by atoms with Gasteiger partial charge in [0, 0.05) is 17.6 Å². The van der Waals surface area contributed by atoms with Crippen LogP contribution >= 0.6 is 11.6 Å². The van der Waals surface area contributed by atoms with Crippen LogP contribution in [0.5, 0.6) is 0 Å². The Kier molecular flexibility index (Phi) is 8.91. The van der Waals surface area contributed by atoms with Gasteiger partial charge in [-0.25, -0.2) is 4.98 Å². The van der Waals surface area contributed by atoms with Gasteiger partial charge in [-0.1, -0.05) is 86.3 Å². The van der Waals surface area contributed by atoms with Crippen LogP contribution < -0.4 is 5.56 Å². The minimum absolute atomic E-state index is 0.118. The first-order chi connectivity index (χ1) is 18.0. The van der Waals surface area contributed by atoms with Crippen LogP contribution in [0, 0.1) is 0 Å². The first kappa shape index (κ1) is 26.4. The molecular formula is C31H32ClN3O2. The van der Waals surface area contributed by atoms with Crippen LogP contribution in [0.3, 0.4) is 0 Å². The molecule has 5 nitrogen and oxygen atoms in total. The van der Waals surface area contributed by atoms with Crippen LogP contribution in [0.1, 0.15) is 57.0 Å². The van der Waals surface area contributed by atoms with E-state index < -0.39 is 6.04 Å². The molecule has 0 radical (unpaired) electrons. The van der Waals surface area contributed by atoms with Crippen LogP contribution in [0.15, 0.2) is 89.7 Å². The van der Waals surface area contributed by atoms with Gasteiger partial charge in [-0.15, -0.1) is 0 Å². The lowest BCUT2D eigenvalue weighted by Crippen LogP contribution is -2.37. The van der Waals surface area contributed by atoms with Crippen molar-refractivity contribution < 1.29 is 4.79 Å². The number of halogens is 1. The minimum Gasteiger partial charge on any atom is -0.329 e. The largest absolute Gasteiger partial charge is 0.329 e. The van der Waals surface area contributed by atoms with Crippen LogP contribution in [-0.2, 0) is 4.79 Å². The van der Waals surface area contributed by atoms with Gasteiger partial charge in [0.1, 0.15) is 5.82 Å². The maximum Gasteiger partial charge on any atom is 0.266 e. The molecule has 1 unspecified atom stereocenters. The fourth-order valence-electron chi connectivity index (χ4n) is 4.47. The fraction of sp³-hybridized carbons (Fsp3) is 0.258. The molecule has 3 aromatic carbocycles. The molecule has 0 spiro atoms. The normalized spacial score (nSPS) is 12.2. The molecule has 0 aliphatic heterocycles. The molecule has 1 heterocycles. The summed E-state index contributed by atoms with van der Waals surface area (Å²) in [5.41, 5.74) is 1.99. The Morgan fingerprint density at radius 2 is 1.76 bits per heavy atom. The molecule has 6 heteroatoms. The first-order valence-corrected chi connectivity index (χ1v) is 13.2. The van der Waals surface area contributed by atoms with E-state index in [1.165, 1.54) is 0 Å². The Morgan fingerprint density at radius 1 is 1.00 bits per heavy atom. The summed E-state index contributed by atoms with van der Waals surface area (Å²) >= 11 is 6.30. The summed E-state index contributed by atoms with van der Waals surface area (Å²) < 4.78 is 1.59. The highest BCUT2D eigenvalue weighted by Crippen LogP contribution is 2.25. The second kappa shape index (κ2) is 12.5. The van der Waals surface area contributed by atoms with E-state index >= 15 is 0 Å². The van der Waals surface area contributed by atoms with Crippen molar-refractivity contribution in [1.82, 2.24) is 14.5 Å². The fourth-order valence-corrected chi connectivity index (χ4v) is 4.65. The summed E-state index contributed by atoms with van der Waals surface area (Å²) in [6.45, 7) is 4.67. The summed E-state index contributed by atoms with van der Waals surface area (Å²) in [5.74, 6) is 0.385. The smallest absolute Gasteiger partial charge is 0.266 e. The zero-order valence-corrected chi connectivity index (χ0v) is 22.1. The SMILES string of the molecule is CCCCCCN(C(=O)/C=C/c1ccccc1)C(C)c1nc2ccccc2c(=O)n1-c1cccc(Cl)c1. The molecule has 1 aromatic heterocycles. The molecule has 4 rings (SSSR count). The summed E-state index contributed by atoms with van der Waals surface area (Å²) in [6.07, 6.45) is 7.55. The van der Waals surface area contributed by atoms with Gasteiger partial charge in [-0.05, 0) is 55.3 Å². The molecule has 0 aliphatic carbocycles. The zero-order valence-electron chi connectivity index (χ0n) is 21.3. The van der Waals surface area contributed by atoms with E-state index in [0.717, 1.165) is 31.2 Å². The van der Waals surface area contributed by atoms with Gasteiger partial charge in [0.2, 0.25) is 5.91 Å². The maximum absolute atomic E-state index is 13.7. The van der Waals surface area contributed by atoms with Crippen molar-refractivity contribution in [2.45, 2.75) is 45.6 Å². The number of amides is 1. The number of benzene rings is 3. The Hall–Kier alpha value is -3.70. The average Bonchev–Trinajstić information content (AvgIpc) is 2.92. The number of carbonyl (C=O) groups is 1. The highest BCUT2D eigenvalue weighted by Gasteiger charge is 2.25. The average molecular weight is 514 g/mol. The lowest BCUT2D eigenvalue weighted by Gasteiger charge is -2.30. The van der Waals surface area contributed by atoms with Crippen LogP contribution in [0.2, 0.25) is 5.02 Å². The van der Waals surface area contributed by atoms with E-state index in [-0.39, 0.29) is 11.5 Å². The molecule has 0 N–H and O–H groups in total. The summed E-state index contributed by atoms with van der Waals surface area (Å²) in [5, 5.41) is 1.04. The van der Waals surface area contributed by atoms with E-state index in [9.17, 15) is 9.59 Å². The van der Waals surface area contributed by atoms with E-state index in [1.54, 1.807) is 28.8 Å². The van der Waals surface area contributed by atoms with E-state index in [2.05, 4.69) is 6.92 Å². The topological polar surface area (TPSA) is 55.2 Å². The molecule has 0 saturated carbocycles. The van der Waals surface area contributed by atoms with Gasteiger partial charge >= 0.3 is 0 Å². The predicted octanol–water partition coefficient (Wildman–Crippen LogP) is 7.22. The number of aromatic nitrogens is 2. The Morgan fingerprint density at radius 3 is 2.51 bits per heavy atom. The molecule has 190 valence electrons. The van der Waals surface area contributed by atoms with Crippen LogP contribution in [-0.4, -0.2) is 26.9 Å². The number of unbranched alkanes of at least 4 members (excludes halogenated alkanes) is 3. The number of hydrogen-bond acceptors (Lipinski definition) is 3. The quantitative estimate of drug-likeness (QED) is 0.166. The second-order valence-corrected chi connectivity index (χ2v) is 9.56. The number of para-hydroxylation sites is 1. The number of carbonyl (C=O) groups excluding carboxylic acids is 1. The van der Waals surface area contributed by atoms with Crippen molar-refractivity contribution in [3.8, 4) is 5.69 Å². The number of nitrogens with zero attached hydrogens (tertiary/aromatic N) is 3. The second-order valence-electron chi connectivity index (χ2n) is 9.12. The number of rotatable bonds is 10. The molecule has 0 saturated heterocycles.